The number of hydrogen-bond acceptors (Lipinski definition) is 2. The topological polar surface area (TPSA) is 78.4 Å². The number of rotatable bonds is 7. The van der Waals surface area contributed by atoms with Crippen LogP contribution in [0.1, 0.15) is 45.4 Å². The summed E-state index contributed by atoms with van der Waals surface area (Å²) in [6.45, 7) is 2.60. The summed E-state index contributed by atoms with van der Waals surface area (Å²) < 4.78 is 0. The molecular formula is C13H22N2O3. The molecule has 0 aliphatic heterocycles. The van der Waals surface area contributed by atoms with Crippen molar-refractivity contribution in [2.75, 3.05) is 6.54 Å². The van der Waals surface area contributed by atoms with Gasteiger partial charge in [-0.15, -0.1) is 0 Å². The fourth-order valence-electron chi connectivity index (χ4n) is 2.60. The Labute approximate surface area is 107 Å². The third-order valence-corrected chi connectivity index (χ3v) is 4.12. The van der Waals surface area contributed by atoms with Crippen molar-refractivity contribution < 1.29 is 14.7 Å². The zero-order valence-electron chi connectivity index (χ0n) is 10.9. The highest BCUT2D eigenvalue weighted by Gasteiger charge is 2.53. The summed E-state index contributed by atoms with van der Waals surface area (Å²) >= 11 is 0. The summed E-state index contributed by atoms with van der Waals surface area (Å²) in [7, 11) is 0. The SMILES string of the molecule is CCC[C@@H](NC(=O)NCC1(C2CC2)CC1)C(=O)O. The van der Waals surface area contributed by atoms with Crippen LogP contribution in [0.2, 0.25) is 0 Å². The first-order chi connectivity index (χ1) is 8.57. The summed E-state index contributed by atoms with van der Waals surface area (Å²) in [5.41, 5.74) is 0.348. The first-order valence-corrected chi connectivity index (χ1v) is 6.84. The van der Waals surface area contributed by atoms with Crippen LogP contribution in [-0.4, -0.2) is 29.7 Å². The Morgan fingerprint density at radius 1 is 1.39 bits per heavy atom. The highest BCUT2D eigenvalue weighted by Crippen LogP contribution is 2.60. The van der Waals surface area contributed by atoms with Gasteiger partial charge in [-0.1, -0.05) is 13.3 Å². The summed E-state index contributed by atoms with van der Waals surface area (Å²) in [6, 6.07) is -1.12. The number of urea groups is 1. The molecular weight excluding hydrogens is 232 g/mol. The van der Waals surface area contributed by atoms with Gasteiger partial charge >= 0.3 is 12.0 Å². The summed E-state index contributed by atoms with van der Waals surface area (Å²) in [5.74, 6) is -0.168. The number of carbonyl (C=O) groups excluding carboxylic acids is 1. The Bertz CT molecular complexity index is 335. The van der Waals surface area contributed by atoms with Gasteiger partial charge in [0.05, 0.1) is 0 Å². The third-order valence-electron chi connectivity index (χ3n) is 4.12. The Morgan fingerprint density at radius 3 is 2.50 bits per heavy atom. The highest BCUT2D eigenvalue weighted by atomic mass is 16.4. The summed E-state index contributed by atoms with van der Waals surface area (Å²) in [6.07, 6.45) is 6.19. The molecule has 2 saturated carbocycles. The van der Waals surface area contributed by atoms with E-state index in [1.54, 1.807) is 0 Å². The Balaban J connectivity index is 1.72. The minimum absolute atomic E-state index is 0.345. The van der Waals surface area contributed by atoms with E-state index in [0.29, 0.717) is 18.4 Å². The van der Waals surface area contributed by atoms with Gasteiger partial charge in [-0.3, -0.25) is 0 Å². The lowest BCUT2D eigenvalue weighted by atomic mass is 10.0. The van der Waals surface area contributed by atoms with Crippen LogP contribution in [0.15, 0.2) is 0 Å². The van der Waals surface area contributed by atoms with E-state index >= 15 is 0 Å². The van der Waals surface area contributed by atoms with E-state index in [1.165, 1.54) is 25.7 Å². The lowest BCUT2D eigenvalue weighted by molar-refractivity contribution is -0.139. The normalized spacial score (nSPS) is 22.1. The van der Waals surface area contributed by atoms with E-state index < -0.39 is 12.0 Å². The van der Waals surface area contributed by atoms with Gasteiger partial charge in [-0.2, -0.15) is 0 Å². The first-order valence-electron chi connectivity index (χ1n) is 6.84. The molecule has 0 aromatic heterocycles. The van der Waals surface area contributed by atoms with Crippen molar-refractivity contribution in [2.24, 2.45) is 11.3 Å². The number of aliphatic carboxylic acids is 1. The van der Waals surface area contributed by atoms with E-state index in [1.807, 2.05) is 6.92 Å². The van der Waals surface area contributed by atoms with Crippen LogP contribution in [0.25, 0.3) is 0 Å². The number of hydrogen-bond donors (Lipinski definition) is 3. The Morgan fingerprint density at radius 2 is 2.06 bits per heavy atom. The summed E-state index contributed by atoms with van der Waals surface area (Å²) in [5, 5.41) is 14.3. The maximum absolute atomic E-state index is 11.7. The molecule has 5 heteroatoms. The fourth-order valence-corrected chi connectivity index (χ4v) is 2.60. The second-order valence-electron chi connectivity index (χ2n) is 5.64. The van der Waals surface area contributed by atoms with Crippen LogP contribution in [0.4, 0.5) is 4.79 Å². The van der Waals surface area contributed by atoms with Crippen molar-refractivity contribution in [3.05, 3.63) is 0 Å². The van der Waals surface area contributed by atoms with E-state index in [4.69, 9.17) is 5.11 Å². The molecule has 0 bridgehead atoms. The zero-order chi connectivity index (χ0) is 13.2. The molecule has 0 spiro atoms. The molecule has 0 saturated heterocycles. The molecule has 3 N–H and O–H groups in total. The minimum atomic E-state index is -0.963. The van der Waals surface area contributed by atoms with Crippen molar-refractivity contribution in [1.29, 1.82) is 0 Å². The van der Waals surface area contributed by atoms with Gasteiger partial charge in [0.25, 0.3) is 0 Å². The number of amides is 2. The van der Waals surface area contributed by atoms with E-state index in [0.717, 1.165) is 12.3 Å². The molecule has 102 valence electrons. The lowest BCUT2D eigenvalue weighted by Gasteiger charge is -2.18. The Kier molecular flexibility index (Phi) is 3.78. The predicted molar refractivity (Wildman–Crippen MR) is 67.3 cm³/mol. The van der Waals surface area contributed by atoms with Crippen LogP contribution in [0, 0.1) is 11.3 Å². The number of carboxylic acids is 1. The average molecular weight is 254 g/mol. The predicted octanol–water partition coefficient (Wildman–Crippen LogP) is 1.73. The zero-order valence-corrected chi connectivity index (χ0v) is 10.9. The smallest absolute Gasteiger partial charge is 0.326 e. The van der Waals surface area contributed by atoms with Crippen molar-refractivity contribution in [3.63, 3.8) is 0 Å². The number of carboxylic acid groups (broad SMARTS) is 1. The molecule has 0 radical (unpaired) electrons. The molecule has 2 aliphatic rings. The van der Waals surface area contributed by atoms with Gasteiger partial charge in [0.2, 0.25) is 0 Å². The van der Waals surface area contributed by atoms with Gasteiger partial charge in [0, 0.05) is 6.54 Å². The molecule has 0 aromatic rings. The quantitative estimate of drug-likeness (QED) is 0.647. The van der Waals surface area contributed by atoms with Crippen molar-refractivity contribution >= 4 is 12.0 Å². The van der Waals surface area contributed by atoms with Crippen molar-refractivity contribution in [1.82, 2.24) is 10.6 Å². The molecule has 5 nitrogen and oxygen atoms in total. The van der Waals surface area contributed by atoms with Crippen LogP contribution in [0.5, 0.6) is 0 Å². The van der Waals surface area contributed by atoms with E-state index in [-0.39, 0.29) is 6.03 Å². The van der Waals surface area contributed by atoms with Crippen LogP contribution in [0.3, 0.4) is 0 Å². The second kappa shape index (κ2) is 5.16. The molecule has 2 amide bonds. The van der Waals surface area contributed by atoms with Gasteiger partial charge < -0.3 is 15.7 Å². The first kappa shape index (κ1) is 13.2. The van der Waals surface area contributed by atoms with Gasteiger partial charge in [-0.25, -0.2) is 9.59 Å². The van der Waals surface area contributed by atoms with Crippen LogP contribution >= 0.6 is 0 Å². The third kappa shape index (κ3) is 3.15. The van der Waals surface area contributed by atoms with Crippen molar-refractivity contribution in [2.45, 2.75) is 51.5 Å². The minimum Gasteiger partial charge on any atom is -0.480 e. The standard InChI is InChI=1S/C13H22N2O3/c1-2-3-10(11(16)17)15-12(18)14-8-13(6-7-13)9-4-5-9/h9-10H,2-8H2,1H3,(H,16,17)(H2,14,15,18)/t10-/m1/s1. The molecule has 0 unspecified atom stereocenters. The maximum Gasteiger partial charge on any atom is 0.326 e. The summed E-state index contributed by atoms with van der Waals surface area (Å²) in [4.78, 5) is 22.6. The molecule has 18 heavy (non-hydrogen) atoms. The van der Waals surface area contributed by atoms with Crippen LogP contribution in [-0.2, 0) is 4.79 Å². The van der Waals surface area contributed by atoms with Gasteiger partial charge in [0.15, 0.2) is 0 Å². The number of carbonyl (C=O) groups is 2. The molecule has 0 aromatic carbocycles. The molecule has 2 aliphatic carbocycles. The van der Waals surface area contributed by atoms with Gasteiger partial charge in [0.1, 0.15) is 6.04 Å². The maximum atomic E-state index is 11.7. The van der Waals surface area contributed by atoms with Gasteiger partial charge in [-0.05, 0) is 43.4 Å². The second-order valence-corrected chi connectivity index (χ2v) is 5.64. The molecule has 2 rings (SSSR count). The van der Waals surface area contributed by atoms with E-state index in [2.05, 4.69) is 10.6 Å². The lowest BCUT2D eigenvalue weighted by Crippen LogP contribution is -2.47. The number of nitrogens with one attached hydrogen (secondary N) is 2. The van der Waals surface area contributed by atoms with Crippen molar-refractivity contribution in [3.8, 4) is 0 Å². The average Bonchev–Trinajstić information content (AvgIpc) is 3.15. The largest absolute Gasteiger partial charge is 0.480 e. The Hall–Kier alpha value is -1.26. The fraction of sp³-hybridized carbons (Fsp3) is 0.846. The van der Waals surface area contributed by atoms with Crippen LogP contribution < -0.4 is 10.6 Å². The monoisotopic (exact) mass is 254 g/mol. The molecule has 2 fully saturated rings. The van der Waals surface area contributed by atoms with E-state index in [9.17, 15) is 9.59 Å². The highest BCUT2D eigenvalue weighted by molar-refractivity contribution is 5.82. The molecule has 1 atom stereocenters. The molecule has 0 heterocycles.